The quantitative estimate of drug-likeness (QED) is 0.533. The minimum Gasteiger partial charge on any atom is -0.397 e. The number of hydrogen-bond donors (Lipinski definition) is 1. The van der Waals surface area contributed by atoms with Crippen molar-refractivity contribution in [2.24, 2.45) is 0 Å². The zero-order valence-corrected chi connectivity index (χ0v) is 4.46. The number of nitrogens with two attached hydrogens (primary N) is 1. The lowest BCUT2D eigenvalue weighted by Crippen LogP contribution is -1.85. The van der Waals surface area contributed by atoms with Crippen molar-refractivity contribution >= 4 is 5.69 Å². The van der Waals surface area contributed by atoms with Crippen LogP contribution in [0.4, 0.5) is 5.69 Å². The summed E-state index contributed by atoms with van der Waals surface area (Å²) in [5, 5.41) is 0. The summed E-state index contributed by atoms with van der Waals surface area (Å²) in [4.78, 5) is 3.80. The highest BCUT2D eigenvalue weighted by Gasteiger charge is 1.82. The summed E-state index contributed by atoms with van der Waals surface area (Å²) in [6, 6.07) is 1.77. The molecule has 0 aromatic carbocycles. The van der Waals surface area contributed by atoms with E-state index in [4.69, 9.17) is 5.73 Å². The molecule has 1 aromatic heterocycles. The molecule has 1 heterocycles. The van der Waals surface area contributed by atoms with Crippen molar-refractivity contribution in [1.82, 2.24) is 4.98 Å². The van der Waals surface area contributed by atoms with Crippen molar-refractivity contribution < 1.29 is 0 Å². The van der Waals surface area contributed by atoms with Gasteiger partial charge >= 0.3 is 0 Å². The highest BCUT2D eigenvalue weighted by atomic mass is 14.7. The average molecular weight is 107 g/mol. The molecule has 0 amide bonds. The van der Waals surface area contributed by atoms with Gasteiger partial charge in [-0.15, -0.1) is 0 Å². The molecule has 0 saturated carbocycles. The summed E-state index contributed by atoms with van der Waals surface area (Å²) in [5.74, 6) is 0. The molecule has 1 radical (unpaired) electrons. The first-order chi connectivity index (χ1) is 3.79. The second-order valence-corrected chi connectivity index (χ2v) is 1.63. The van der Waals surface area contributed by atoms with Crippen LogP contribution < -0.4 is 5.73 Å². The van der Waals surface area contributed by atoms with E-state index in [0.717, 1.165) is 5.56 Å². The fourth-order valence-electron chi connectivity index (χ4n) is 0.508. The van der Waals surface area contributed by atoms with Gasteiger partial charge < -0.3 is 5.73 Å². The van der Waals surface area contributed by atoms with E-state index in [1.54, 1.807) is 18.5 Å². The molecule has 0 atom stereocenters. The molecule has 2 nitrogen and oxygen atoms in total. The Morgan fingerprint density at radius 2 is 2.25 bits per heavy atom. The molecule has 0 aliphatic carbocycles. The van der Waals surface area contributed by atoms with E-state index in [1.807, 2.05) is 0 Å². The van der Waals surface area contributed by atoms with Gasteiger partial charge in [-0.2, -0.15) is 0 Å². The van der Waals surface area contributed by atoms with Crippen LogP contribution in [-0.2, 0) is 0 Å². The lowest BCUT2D eigenvalue weighted by molar-refractivity contribution is 1.31. The molecular weight excluding hydrogens is 100 g/mol. The molecule has 0 aliphatic heterocycles. The van der Waals surface area contributed by atoms with Crippen LogP contribution in [0.1, 0.15) is 5.56 Å². The van der Waals surface area contributed by atoms with Gasteiger partial charge in [0.1, 0.15) is 0 Å². The van der Waals surface area contributed by atoms with Crippen molar-refractivity contribution in [2.75, 3.05) is 5.73 Å². The van der Waals surface area contributed by atoms with Crippen LogP contribution in [0.25, 0.3) is 0 Å². The van der Waals surface area contributed by atoms with Crippen molar-refractivity contribution in [3.8, 4) is 0 Å². The molecule has 8 heavy (non-hydrogen) atoms. The van der Waals surface area contributed by atoms with E-state index in [-0.39, 0.29) is 0 Å². The third kappa shape index (κ3) is 0.964. The number of aromatic nitrogens is 1. The Balaban J connectivity index is 3.08. The lowest BCUT2D eigenvalue weighted by atomic mass is 10.3. The SMILES string of the molecule is [CH2]c1cncc(N)c1. The Morgan fingerprint density at radius 1 is 1.50 bits per heavy atom. The molecule has 1 rings (SSSR count). The normalized spacial score (nSPS) is 9.12. The van der Waals surface area contributed by atoms with Gasteiger partial charge in [0, 0.05) is 12.4 Å². The first-order valence-electron chi connectivity index (χ1n) is 2.31. The third-order valence-corrected chi connectivity index (χ3v) is 0.816. The smallest absolute Gasteiger partial charge is 0.0503 e. The topological polar surface area (TPSA) is 38.9 Å². The fraction of sp³-hybridized carbons (Fsp3) is 0. The summed E-state index contributed by atoms with van der Waals surface area (Å²) >= 11 is 0. The summed E-state index contributed by atoms with van der Waals surface area (Å²) in [5.41, 5.74) is 6.87. The minimum absolute atomic E-state index is 0.664. The van der Waals surface area contributed by atoms with Gasteiger partial charge in [-0.3, -0.25) is 4.98 Å². The van der Waals surface area contributed by atoms with Crippen LogP contribution in [0.2, 0.25) is 0 Å². The van der Waals surface area contributed by atoms with Crippen LogP contribution in [-0.4, -0.2) is 4.98 Å². The van der Waals surface area contributed by atoms with Crippen LogP contribution in [0, 0.1) is 6.92 Å². The number of anilines is 1. The largest absolute Gasteiger partial charge is 0.397 e. The van der Waals surface area contributed by atoms with E-state index < -0.39 is 0 Å². The van der Waals surface area contributed by atoms with Gasteiger partial charge in [0.25, 0.3) is 0 Å². The standard InChI is InChI=1S/C6H7N2/c1-5-2-6(7)4-8-3-5/h2-4H,1,7H2. The molecule has 2 N–H and O–H groups in total. The molecule has 1 aromatic rings. The van der Waals surface area contributed by atoms with E-state index >= 15 is 0 Å². The molecule has 0 bridgehead atoms. The highest BCUT2D eigenvalue weighted by molar-refractivity contribution is 5.37. The zero-order chi connectivity index (χ0) is 5.98. The number of rotatable bonds is 0. The van der Waals surface area contributed by atoms with Crippen molar-refractivity contribution in [3.63, 3.8) is 0 Å². The summed E-state index contributed by atoms with van der Waals surface area (Å²) in [7, 11) is 0. The van der Waals surface area contributed by atoms with Crippen molar-refractivity contribution in [3.05, 3.63) is 30.9 Å². The highest BCUT2D eigenvalue weighted by Crippen LogP contribution is 1.99. The second kappa shape index (κ2) is 1.82. The summed E-state index contributed by atoms with van der Waals surface area (Å²) in [6.45, 7) is 3.64. The average Bonchev–Trinajstić information content (AvgIpc) is 1.64. The van der Waals surface area contributed by atoms with E-state index in [2.05, 4.69) is 11.9 Å². The Bertz CT molecular complexity index is 166. The van der Waals surface area contributed by atoms with E-state index in [0.29, 0.717) is 5.69 Å². The van der Waals surface area contributed by atoms with Gasteiger partial charge in [0.05, 0.1) is 5.69 Å². The Hall–Kier alpha value is -1.05. The zero-order valence-electron chi connectivity index (χ0n) is 4.46. The van der Waals surface area contributed by atoms with Crippen LogP contribution in [0.3, 0.4) is 0 Å². The predicted octanol–water partition coefficient (Wildman–Crippen LogP) is 0.846. The van der Waals surface area contributed by atoms with Crippen LogP contribution in [0.5, 0.6) is 0 Å². The molecule has 0 saturated heterocycles. The lowest BCUT2D eigenvalue weighted by Gasteiger charge is -1.90. The maximum Gasteiger partial charge on any atom is 0.0503 e. The van der Waals surface area contributed by atoms with Crippen LogP contribution >= 0.6 is 0 Å². The second-order valence-electron chi connectivity index (χ2n) is 1.63. The Kier molecular flexibility index (Phi) is 1.16. The summed E-state index contributed by atoms with van der Waals surface area (Å²) < 4.78 is 0. The minimum atomic E-state index is 0.664. The Labute approximate surface area is 48.4 Å². The van der Waals surface area contributed by atoms with Gasteiger partial charge in [-0.1, -0.05) is 0 Å². The predicted molar refractivity (Wildman–Crippen MR) is 33.1 cm³/mol. The first-order valence-corrected chi connectivity index (χ1v) is 2.31. The third-order valence-electron chi connectivity index (χ3n) is 0.816. The van der Waals surface area contributed by atoms with Crippen molar-refractivity contribution in [1.29, 1.82) is 0 Å². The van der Waals surface area contributed by atoms with Gasteiger partial charge in [-0.05, 0) is 18.6 Å². The fourth-order valence-corrected chi connectivity index (χ4v) is 0.508. The monoisotopic (exact) mass is 107 g/mol. The Morgan fingerprint density at radius 3 is 2.62 bits per heavy atom. The maximum absolute atomic E-state index is 5.36. The van der Waals surface area contributed by atoms with Gasteiger partial charge in [0.15, 0.2) is 0 Å². The maximum atomic E-state index is 5.36. The van der Waals surface area contributed by atoms with E-state index in [9.17, 15) is 0 Å². The number of nitrogens with zero attached hydrogens (tertiary/aromatic N) is 1. The number of pyridine rings is 1. The number of hydrogen-bond acceptors (Lipinski definition) is 2. The van der Waals surface area contributed by atoms with Gasteiger partial charge in [0.2, 0.25) is 0 Å². The molecule has 41 valence electrons. The van der Waals surface area contributed by atoms with Crippen LogP contribution in [0.15, 0.2) is 18.5 Å². The summed E-state index contributed by atoms with van der Waals surface area (Å²) in [6.07, 6.45) is 3.26. The van der Waals surface area contributed by atoms with E-state index in [1.165, 1.54) is 0 Å². The molecule has 0 unspecified atom stereocenters. The molecule has 0 spiro atoms. The van der Waals surface area contributed by atoms with Gasteiger partial charge in [-0.25, -0.2) is 0 Å². The molecule has 2 heteroatoms. The first kappa shape index (κ1) is 5.09. The molecule has 0 fully saturated rings. The number of nitrogen functional groups attached to an aromatic ring is 1. The van der Waals surface area contributed by atoms with Crippen molar-refractivity contribution in [2.45, 2.75) is 0 Å². The molecular formula is C6H7N2. The molecule has 0 aliphatic rings.